The zero-order valence-corrected chi connectivity index (χ0v) is 16.8. The topological polar surface area (TPSA) is 56.6 Å². The molecule has 1 aromatic rings. The predicted octanol–water partition coefficient (Wildman–Crippen LogP) is 3.20. The van der Waals surface area contributed by atoms with E-state index in [-0.39, 0.29) is 24.3 Å². The number of carbonyl (C=O) groups is 1. The fourth-order valence-corrected chi connectivity index (χ4v) is 3.67. The number of hydrogen-bond acceptors (Lipinski definition) is 6. The minimum Gasteiger partial charge on any atom is -0.475 e. The Labute approximate surface area is 162 Å². The molecule has 1 saturated heterocycles. The van der Waals surface area contributed by atoms with Gasteiger partial charge in [0.2, 0.25) is 0 Å². The predicted molar refractivity (Wildman–Crippen MR) is 111 cm³/mol. The van der Waals surface area contributed by atoms with Crippen LogP contribution in [-0.4, -0.2) is 62.7 Å². The number of thiol groups is 1. The summed E-state index contributed by atoms with van der Waals surface area (Å²) in [5.74, 6) is 0.347. The molecule has 1 fully saturated rings. The molecule has 144 valence electrons. The molecule has 0 aromatic heterocycles. The van der Waals surface area contributed by atoms with Crippen molar-refractivity contribution in [3.05, 3.63) is 29.8 Å². The van der Waals surface area contributed by atoms with Gasteiger partial charge in [0.25, 0.3) is 0 Å². The summed E-state index contributed by atoms with van der Waals surface area (Å²) in [7, 11) is 3.93. The summed E-state index contributed by atoms with van der Waals surface area (Å²) in [4.78, 5) is 15.7. The molecule has 1 aliphatic rings. The number of nitrogens with zero attached hydrogens (tertiary/aromatic N) is 2. The highest BCUT2D eigenvalue weighted by molar-refractivity contribution is 7.80. The van der Waals surface area contributed by atoms with Gasteiger partial charge in [0.05, 0.1) is 5.92 Å². The monoisotopic (exact) mass is 377 g/mol. The highest BCUT2D eigenvalue weighted by Crippen LogP contribution is 2.30. The van der Waals surface area contributed by atoms with Crippen LogP contribution in [0.2, 0.25) is 0 Å². The molecule has 5 nitrogen and oxygen atoms in total. The Morgan fingerprint density at radius 3 is 2.62 bits per heavy atom. The molecule has 0 aliphatic carbocycles. The highest BCUT2D eigenvalue weighted by Gasteiger charge is 2.25. The SMILES string of the molecule is CN(C)c1ccccc1C(CC=O)C(=N)OC(CS)CN1CCCCC1. The summed E-state index contributed by atoms with van der Waals surface area (Å²) in [5, 5.41) is 8.52. The number of hydrogen-bond donors (Lipinski definition) is 2. The second-order valence-corrected chi connectivity index (χ2v) is 7.42. The van der Waals surface area contributed by atoms with Crippen molar-refractivity contribution >= 4 is 30.5 Å². The van der Waals surface area contributed by atoms with Gasteiger partial charge in [-0.3, -0.25) is 10.3 Å². The molecule has 2 atom stereocenters. The van der Waals surface area contributed by atoms with Crippen molar-refractivity contribution in [2.24, 2.45) is 0 Å². The van der Waals surface area contributed by atoms with Crippen LogP contribution >= 0.6 is 12.6 Å². The number of piperidine rings is 1. The molecular weight excluding hydrogens is 346 g/mol. The molecule has 0 spiro atoms. The van der Waals surface area contributed by atoms with Crippen LogP contribution in [-0.2, 0) is 9.53 Å². The Bertz CT molecular complexity index is 588. The number of para-hydroxylation sites is 1. The van der Waals surface area contributed by atoms with Gasteiger partial charge in [-0.05, 0) is 37.6 Å². The molecular formula is C20H31N3O2S. The number of nitrogens with one attached hydrogen (secondary N) is 1. The average Bonchev–Trinajstić information content (AvgIpc) is 2.66. The largest absolute Gasteiger partial charge is 0.475 e. The minimum absolute atomic E-state index is 0.135. The van der Waals surface area contributed by atoms with E-state index in [1.165, 1.54) is 19.3 Å². The molecule has 0 amide bonds. The molecule has 1 N–H and O–H groups in total. The lowest BCUT2D eigenvalue weighted by Gasteiger charge is -2.31. The number of likely N-dealkylation sites (tertiary alicyclic amines) is 1. The first kappa shape index (κ1) is 20.8. The van der Waals surface area contributed by atoms with Crippen molar-refractivity contribution in [1.82, 2.24) is 4.90 Å². The summed E-state index contributed by atoms with van der Waals surface area (Å²) in [5.41, 5.74) is 1.96. The second-order valence-electron chi connectivity index (χ2n) is 7.06. The average molecular weight is 378 g/mol. The fraction of sp³-hybridized carbons (Fsp3) is 0.600. The van der Waals surface area contributed by atoms with Crippen LogP contribution in [0, 0.1) is 5.41 Å². The van der Waals surface area contributed by atoms with Gasteiger partial charge in [-0.15, -0.1) is 0 Å². The van der Waals surface area contributed by atoms with Crippen LogP contribution in [0.15, 0.2) is 24.3 Å². The molecule has 1 aromatic carbocycles. The van der Waals surface area contributed by atoms with Crippen molar-refractivity contribution in [1.29, 1.82) is 5.41 Å². The van der Waals surface area contributed by atoms with Gasteiger partial charge in [-0.2, -0.15) is 12.6 Å². The zero-order valence-electron chi connectivity index (χ0n) is 15.9. The van der Waals surface area contributed by atoms with E-state index in [4.69, 9.17) is 10.1 Å². The maximum absolute atomic E-state index is 11.3. The lowest BCUT2D eigenvalue weighted by atomic mass is 9.94. The van der Waals surface area contributed by atoms with E-state index in [0.717, 1.165) is 37.2 Å². The van der Waals surface area contributed by atoms with Gasteiger partial charge in [0.15, 0.2) is 5.90 Å². The van der Waals surface area contributed by atoms with E-state index in [2.05, 4.69) is 17.5 Å². The number of aldehydes is 1. The third-order valence-electron chi connectivity index (χ3n) is 4.85. The Balaban J connectivity index is 2.10. The maximum atomic E-state index is 11.3. The lowest BCUT2D eigenvalue weighted by molar-refractivity contribution is -0.108. The van der Waals surface area contributed by atoms with Crippen molar-refractivity contribution in [3.63, 3.8) is 0 Å². The number of benzene rings is 1. The van der Waals surface area contributed by atoms with Gasteiger partial charge >= 0.3 is 0 Å². The first-order valence-electron chi connectivity index (χ1n) is 9.35. The van der Waals surface area contributed by atoms with Crippen molar-refractivity contribution in [2.45, 2.75) is 37.7 Å². The van der Waals surface area contributed by atoms with E-state index in [9.17, 15) is 4.79 Å². The van der Waals surface area contributed by atoms with Crippen molar-refractivity contribution < 1.29 is 9.53 Å². The minimum atomic E-state index is -0.366. The van der Waals surface area contributed by atoms with Crippen LogP contribution < -0.4 is 4.90 Å². The van der Waals surface area contributed by atoms with E-state index < -0.39 is 0 Å². The number of carbonyl (C=O) groups excluding carboxylic acids is 1. The summed E-state index contributed by atoms with van der Waals surface area (Å²) in [6.45, 7) is 2.96. The molecule has 1 heterocycles. The third-order valence-corrected chi connectivity index (χ3v) is 5.26. The highest BCUT2D eigenvalue weighted by atomic mass is 32.1. The molecule has 2 rings (SSSR count). The summed E-state index contributed by atoms with van der Waals surface area (Å²) < 4.78 is 5.99. The van der Waals surface area contributed by atoms with E-state index >= 15 is 0 Å². The molecule has 0 radical (unpaired) electrons. The number of rotatable bonds is 9. The Hall–Kier alpha value is -1.53. The zero-order chi connectivity index (χ0) is 18.9. The van der Waals surface area contributed by atoms with E-state index in [0.29, 0.717) is 5.75 Å². The quantitative estimate of drug-likeness (QED) is 0.300. The fourth-order valence-electron chi connectivity index (χ4n) is 3.48. The van der Waals surface area contributed by atoms with Crippen molar-refractivity contribution in [2.75, 3.05) is 44.4 Å². The van der Waals surface area contributed by atoms with Crippen LogP contribution in [0.3, 0.4) is 0 Å². The first-order chi connectivity index (χ1) is 12.6. The standard InChI is InChI=1S/C20H31N3O2S/c1-22(2)19-9-5-4-8-17(19)18(10-13-24)20(21)25-16(15-26)14-23-11-6-3-7-12-23/h4-5,8-9,13,16,18,21,26H,3,6-7,10-12,14-15H2,1-2H3. The summed E-state index contributed by atoms with van der Waals surface area (Å²) in [6, 6.07) is 7.89. The molecule has 6 heteroatoms. The van der Waals surface area contributed by atoms with Crippen LogP contribution in [0.25, 0.3) is 0 Å². The smallest absolute Gasteiger partial charge is 0.188 e. The third kappa shape index (κ3) is 5.74. The lowest BCUT2D eigenvalue weighted by Crippen LogP contribution is -2.39. The number of anilines is 1. The van der Waals surface area contributed by atoms with Crippen LogP contribution in [0.4, 0.5) is 5.69 Å². The van der Waals surface area contributed by atoms with Gasteiger partial charge in [0, 0.05) is 38.5 Å². The van der Waals surface area contributed by atoms with E-state index in [1.807, 2.05) is 43.3 Å². The van der Waals surface area contributed by atoms with E-state index in [1.54, 1.807) is 0 Å². The Kier molecular flexibility index (Phi) is 8.45. The van der Waals surface area contributed by atoms with Crippen LogP contribution in [0.5, 0.6) is 0 Å². The Morgan fingerprint density at radius 1 is 1.31 bits per heavy atom. The van der Waals surface area contributed by atoms with Crippen LogP contribution in [0.1, 0.15) is 37.2 Å². The molecule has 0 saturated carbocycles. The normalized spacial score (nSPS) is 17.3. The Morgan fingerprint density at radius 2 is 2.00 bits per heavy atom. The summed E-state index contributed by atoms with van der Waals surface area (Å²) in [6.07, 6.45) is 4.72. The molecule has 2 unspecified atom stereocenters. The summed E-state index contributed by atoms with van der Waals surface area (Å²) >= 11 is 4.42. The van der Waals surface area contributed by atoms with Gasteiger partial charge < -0.3 is 14.4 Å². The van der Waals surface area contributed by atoms with Crippen molar-refractivity contribution in [3.8, 4) is 0 Å². The maximum Gasteiger partial charge on any atom is 0.188 e. The molecule has 1 aliphatic heterocycles. The van der Waals surface area contributed by atoms with Gasteiger partial charge in [-0.25, -0.2) is 0 Å². The van der Waals surface area contributed by atoms with Gasteiger partial charge in [0.1, 0.15) is 12.4 Å². The van der Waals surface area contributed by atoms with Gasteiger partial charge in [-0.1, -0.05) is 24.6 Å². The molecule has 0 bridgehead atoms. The molecule has 26 heavy (non-hydrogen) atoms. The number of ether oxygens (including phenoxy) is 1. The second kappa shape index (κ2) is 10.6. The first-order valence-corrected chi connectivity index (χ1v) is 9.98.